The summed E-state index contributed by atoms with van der Waals surface area (Å²) in [5.41, 5.74) is 4.61. The second-order valence-electron chi connectivity index (χ2n) is 9.22. The maximum absolute atomic E-state index is 13.5. The quantitative estimate of drug-likeness (QED) is 0.260. The van der Waals surface area contributed by atoms with Gasteiger partial charge in [-0.25, -0.2) is 0 Å². The number of anilines is 2. The van der Waals surface area contributed by atoms with Gasteiger partial charge in [-0.05, 0) is 51.3 Å². The van der Waals surface area contributed by atoms with Crippen LogP contribution in [0.25, 0.3) is 0 Å². The summed E-state index contributed by atoms with van der Waals surface area (Å²) in [4.78, 5) is 26.8. The van der Waals surface area contributed by atoms with Crippen LogP contribution in [0.5, 0.6) is 0 Å². The highest BCUT2D eigenvalue weighted by Gasteiger charge is 2.34. The molecule has 1 unspecified atom stereocenters. The van der Waals surface area contributed by atoms with Crippen LogP contribution in [0.4, 0.5) is 11.4 Å². The Hall–Kier alpha value is -3.49. The summed E-state index contributed by atoms with van der Waals surface area (Å²) < 4.78 is 25.9. The van der Waals surface area contributed by atoms with Crippen molar-refractivity contribution in [3.8, 4) is 0 Å². The molecule has 0 saturated carbocycles. The van der Waals surface area contributed by atoms with Crippen molar-refractivity contribution in [2.24, 2.45) is 0 Å². The van der Waals surface area contributed by atoms with Crippen molar-refractivity contribution >= 4 is 33.1 Å². The summed E-state index contributed by atoms with van der Waals surface area (Å²) in [6.45, 7) is 6.15. The lowest BCUT2D eigenvalue weighted by molar-refractivity contribution is 0.0980. The van der Waals surface area contributed by atoms with Crippen LogP contribution in [0, 0.1) is 0 Å². The minimum absolute atomic E-state index is 0. The zero-order valence-corrected chi connectivity index (χ0v) is 21.7. The van der Waals surface area contributed by atoms with Crippen LogP contribution < -0.4 is 10.6 Å². The molecule has 0 bridgehead atoms. The summed E-state index contributed by atoms with van der Waals surface area (Å²) in [5, 5.41) is 6.84. The van der Waals surface area contributed by atoms with Gasteiger partial charge in [-0.2, -0.15) is 8.42 Å². The second kappa shape index (κ2) is 12.7. The van der Waals surface area contributed by atoms with Crippen molar-refractivity contribution < 1.29 is 22.6 Å². The fourth-order valence-electron chi connectivity index (χ4n) is 4.14. The number of aryl methyl sites for hydroxylation is 1. The maximum Gasteiger partial charge on any atom is 0.261 e. The van der Waals surface area contributed by atoms with Gasteiger partial charge in [-0.1, -0.05) is 62.0 Å². The average molecular weight is 525 g/mol. The van der Waals surface area contributed by atoms with Crippen LogP contribution in [0.15, 0.2) is 66.7 Å². The Bertz CT molecular complexity index is 1340. The van der Waals surface area contributed by atoms with E-state index in [9.17, 15) is 18.0 Å². The van der Waals surface area contributed by atoms with Crippen LogP contribution in [0.1, 0.15) is 72.0 Å². The highest BCUT2D eigenvalue weighted by molar-refractivity contribution is 7.85. The largest absolute Gasteiger partial charge is 0.382 e. The monoisotopic (exact) mass is 524 g/mol. The van der Waals surface area contributed by atoms with Crippen molar-refractivity contribution in [3.05, 3.63) is 94.5 Å². The van der Waals surface area contributed by atoms with E-state index in [0.29, 0.717) is 34.2 Å². The fourth-order valence-corrected chi connectivity index (χ4v) is 4.14. The standard InChI is InChI=1S/C27H28N2O2.CH4O3S.CH4/c1-17(2)28-22-15-16-23(29-18(3)13-14-19-9-5-4-6-10-19)25-24(22)26(30)20-11-7-8-12-21(20)27(25)31;1-5(2,3)4;/h4-12,15-18,28-29H,13-14H2,1-3H3;1H3,(H,2,3,4);1H4. The van der Waals surface area contributed by atoms with E-state index in [1.807, 2.05) is 44.2 Å². The van der Waals surface area contributed by atoms with Gasteiger partial charge >= 0.3 is 0 Å². The first kappa shape index (κ1) is 29.7. The molecule has 1 atom stereocenters. The first-order valence-corrected chi connectivity index (χ1v) is 13.7. The Morgan fingerprint density at radius 1 is 0.757 bits per heavy atom. The third kappa shape index (κ3) is 8.00. The molecule has 4 rings (SSSR count). The summed E-state index contributed by atoms with van der Waals surface area (Å²) in [6.07, 6.45) is 2.58. The van der Waals surface area contributed by atoms with Crippen molar-refractivity contribution in [1.29, 1.82) is 0 Å². The summed E-state index contributed by atoms with van der Waals surface area (Å²) >= 11 is 0. The minimum atomic E-state index is -3.67. The van der Waals surface area contributed by atoms with E-state index in [1.54, 1.807) is 24.3 Å². The molecule has 0 fully saturated rings. The molecular formula is C29H36N2O5S. The molecule has 198 valence electrons. The number of carbonyl (C=O) groups is 2. The van der Waals surface area contributed by atoms with Crippen molar-refractivity contribution in [2.75, 3.05) is 16.9 Å². The van der Waals surface area contributed by atoms with Gasteiger partial charge < -0.3 is 10.6 Å². The van der Waals surface area contributed by atoms with Gasteiger partial charge in [-0.3, -0.25) is 14.1 Å². The summed E-state index contributed by atoms with van der Waals surface area (Å²) in [5.74, 6) is -0.204. The highest BCUT2D eigenvalue weighted by atomic mass is 32.2. The van der Waals surface area contributed by atoms with Crippen molar-refractivity contribution in [1.82, 2.24) is 0 Å². The normalized spacial score (nSPS) is 12.9. The summed E-state index contributed by atoms with van der Waals surface area (Å²) in [6, 6.07) is 21.6. The number of nitrogens with one attached hydrogen (secondary N) is 2. The van der Waals surface area contributed by atoms with Gasteiger partial charge in [0.2, 0.25) is 0 Å². The molecule has 0 saturated heterocycles. The number of hydrogen-bond donors (Lipinski definition) is 3. The Kier molecular flexibility index (Phi) is 10.2. The number of carbonyl (C=O) groups excluding carboxylic acids is 2. The lowest BCUT2D eigenvalue weighted by Gasteiger charge is -2.26. The summed E-state index contributed by atoms with van der Waals surface area (Å²) in [7, 11) is -3.67. The molecule has 3 N–H and O–H groups in total. The Labute approximate surface area is 220 Å². The molecule has 7 nitrogen and oxygen atoms in total. The van der Waals surface area contributed by atoms with Gasteiger partial charge in [0.25, 0.3) is 10.1 Å². The van der Waals surface area contributed by atoms with Crippen molar-refractivity contribution in [3.63, 3.8) is 0 Å². The van der Waals surface area contributed by atoms with Crippen molar-refractivity contribution in [2.45, 2.75) is 53.1 Å². The minimum Gasteiger partial charge on any atom is -0.382 e. The molecule has 0 spiro atoms. The predicted octanol–water partition coefficient (Wildman–Crippen LogP) is 5.86. The number of benzene rings is 3. The van der Waals surface area contributed by atoms with Crippen LogP contribution in [0.2, 0.25) is 0 Å². The SMILES string of the molecule is C.CC(C)Nc1ccc(NC(C)CCc2ccccc2)c2c1C(=O)c1ccccc1C2=O.CS(=O)(=O)O. The first-order valence-electron chi connectivity index (χ1n) is 11.8. The predicted molar refractivity (Wildman–Crippen MR) is 151 cm³/mol. The van der Waals surface area contributed by atoms with E-state index in [0.717, 1.165) is 18.5 Å². The zero-order chi connectivity index (χ0) is 26.5. The lowest BCUT2D eigenvalue weighted by atomic mass is 9.82. The Balaban J connectivity index is 0.000000734. The topological polar surface area (TPSA) is 113 Å². The van der Waals surface area contributed by atoms with E-state index in [1.165, 1.54) is 5.56 Å². The lowest BCUT2D eigenvalue weighted by Crippen LogP contribution is -2.27. The molecule has 0 heterocycles. The number of hydrogen-bond acceptors (Lipinski definition) is 6. The average Bonchev–Trinajstić information content (AvgIpc) is 2.81. The maximum atomic E-state index is 13.5. The molecule has 1 aliphatic rings. The van der Waals surface area contributed by atoms with E-state index in [4.69, 9.17) is 4.55 Å². The van der Waals surface area contributed by atoms with Crippen LogP contribution in [0.3, 0.4) is 0 Å². The first-order chi connectivity index (χ1) is 17.0. The van der Waals surface area contributed by atoms with Crippen LogP contribution >= 0.6 is 0 Å². The third-order valence-electron chi connectivity index (χ3n) is 5.63. The van der Waals surface area contributed by atoms with Gasteiger partial charge in [0, 0.05) is 34.6 Å². The Morgan fingerprint density at radius 3 is 1.65 bits per heavy atom. The number of rotatable bonds is 7. The van der Waals surface area contributed by atoms with Crippen LogP contribution in [-0.4, -0.2) is 42.9 Å². The van der Waals surface area contributed by atoms with Gasteiger partial charge in [0.15, 0.2) is 11.6 Å². The third-order valence-corrected chi connectivity index (χ3v) is 5.63. The molecule has 37 heavy (non-hydrogen) atoms. The molecule has 8 heteroatoms. The second-order valence-corrected chi connectivity index (χ2v) is 10.7. The molecule has 0 radical (unpaired) electrons. The molecule has 3 aromatic carbocycles. The Morgan fingerprint density at radius 2 is 1.19 bits per heavy atom. The highest BCUT2D eigenvalue weighted by Crippen LogP contribution is 2.37. The van der Waals surface area contributed by atoms with E-state index < -0.39 is 10.1 Å². The van der Waals surface area contributed by atoms with E-state index in [2.05, 4.69) is 29.7 Å². The zero-order valence-electron chi connectivity index (χ0n) is 20.9. The number of fused-ring (bicyclic) bond motifs is 2. The molecule has 0 amide bonds. The smallest absolute Gasteiger partial charge is 0.261 e. The van der Waals surface area contributed by atoms with E-state index in [-0.39, 0.29) is 31.1 Å². The molecule has 1 aliphatic carbocycles. The fraction of sp³-hybridized carbons (Fsp3) is 0.310. The van der Waals surface area contributed by atoms with E-state index >= 15 is 0 Å². The molecule has 0 aromatic heterocycles. The molecule has 0 aliphatic heterocycles. The van der Waals surface area contributed by atoms with Gasteiger partial charge in [-0.15, -0.1) is 0 Å². The van der Waals surface area contributed by atoms with Gasteiger partial charge in [0.1, 0.15) is 0 Å². The number of ketones is 2. The van der Waals surface area contributed by atoms with Gasteiger partial charge in [0.05, 0.1) is 17.4 Å². The van der Waals surface area contributed by atoms with Crippen LogP contribution in [-0.2, 0) is 16.5 Å². The molecule has 3 aromatic rings. The molecular weight excluding hydrogens is 488 g/mol.